The van der Waals surface area contributed by atoms with Crippen molar-refractivity contribution in [3.63, 3.8) is 0 Å². The first kappa shape index (κ1) is 21.6. The van der Waals surface area contributed by atoms with Crippen LogP contribution in [0.3, 0.4) is 0 Å². The minimum atomic E-state index is -0.358. The molecule has 0 aliphatic carbocycles. The van der Waals surface area contributed by atoms with Gasteiger partial charge in [0.05, 0.1) is 5.02 Å². The molecular formula is C22H17BrClN3O3. The van der Waals surface area contributed by atoms with Gasteiger partial charge in [-0.15, -0.1) is 0 Å². The van der Waals surface area contributed by atoms with Crippen LogP contribution in [0.1, 0.15) is 32.7 Å². The average Bonchev–Trinajstić information content (AvgIpc) is 2.68. The Kier molecular flexibility index (Phi) is 6.60. The lowest BCUT2D eigenvalue weighted by Gasteiger charge is -2.12. The lowest BCUT2D eigenvalue weighted by molar-refractivity contribution is 0.0950. The van der Waals surface area contributed by atoms with E-state index in [1.807, 2.05) is 13.0 Å². The highest BCUT2D eigenvalue weighted by atomic mass is 79.9. The molecule has 0 aliphatic heterocycles. The summed E-state index contributed by atoms with van der Waals surface area (Å²) >= 11 is 9.60. The third-order valence-electron chi connectivity index (χ3n) is 4.38. The van der Waals surface area contributed by atoms with Crippen LogP contribution < -0.4 is 10.1 Å². The molecule has 0 atom stereocenters. The van der Waals surface area contributed by atoms with Gasteiger partial charge in [-0.25, -0.2) is 4.98 Å². The maximum atomic E-state index is 12.5. The molecular weight excluding hydrogens is 470 g/mol. The fraction of sp³-hybridized carbons (Fsp3) is 0.136. The Morgan fingerprint density at radius 1 is 1.27 bits per heavy atom. The Morgan fingerprint density at radius 2 is 2.03 bits per heavy atom. The number of pyridine rings is 1. The zero-order chi connectivity index (χ0) is 21.8. The van der Waals surface area contributed by atoms with E-state index in [1.165, 1.54) is 6.07 Å². The fourth-order valence-corrected chi connectivity index (χ4v) is 3.53. The lowest BCUT2D eigenvalue weighted by atomic mass is 10.1. The van der Waals surface area contributed by atoms with Crippen molar-refractivity contribution in [2.75, 3.05) is 0 Å². The summed E-state index contributed by atoms with van der Waals surface area (Å²) in [5, 5.41) is 22.3. The molecule has 3 aromatic rings. The zero-order valence-corrected chi connectivity index (χ0v) is 18.5. The number of nitrogens with zero attached hydrogens (tertiary/aromatic N) is 2. The number of carbonyl (C=O) groups excluding carboxylic acids is 1. The number of halogens is 2. The number of ether oxygens (including phenoxy) is 1. The first-order valence-electron chi connectivity index (χ1n) is 8.90. The number of aromatic nitrogens is 1. The Morgan fingerprint density at radius 3 is 2.70 bits per heavy atom. The number of amides is 1. The highest BCUT2D eigenvalue weighted by Gasteiger charge is 2.14. The molecule has 0 fully saturated rings. The van der Waals surface area contributed by atoms with Gasteiger partial charge in [0.15, 0.2) is 0 Å². The molecule has 0 saturated carbocycles. The summed E-state index contributed by atoms with van der Waals surface area (Å²) in [5.74, 6) is 0.211. The van der Waals surface area contributed by atoms with Crippen LogP contribution in [0.2, 0.25) is 5.02 Å². The van der Waals surface area contributed by atoms with Crippen molar-refractivity contribution >= 4 is 33.4 Å². The average molecular weight is 487 g/mol. The van der Waals surface area contributed by atoms with Crippen LogP contribution in [0.4, 0.5) is 0 Å². The van der Waals surface area contributed by atoms with E-state index in [4.69, 9.17) is 16.3 Å². The van der Waals surface area contributed by atoms with Crippen molar-refractivity contribution in [3.8, 4) is 23.4 Å². The summed E-state index contributed by atoms with van der Waals surface area (Å²) < 4.78 is 6.37. The SMILES string of the molecule is Cc1cc(C)c(CNC(=O)c2ccc(Oc3cccc(Br)c3C#N)c(Cl)c2)c(O)n1. The topological polar surface area (TPSA) is 95.2 Å². The van der Waals surface area contributed by atoms with Gasteiger partial charge in [0, 0.05) is 27.8 Å². The number of aryl methyl sites for hydroxylation is 2. The van der Waals surface area contributed by atoms with Gasteiger partial charge in [0.2, 0.25) is 5.88 Å². The quantitative estimate of drug-likeness (QED) is 0.502. The fourth-order valence-electron chi connectivity index (χ4n) is 2.87. The van der Waals surface area contributed by atoms with E-state index in [0.717, 1.165) is 5.56 Å². The predicted octanol–water partition coefficient (Wildman–Crippen LogP) is 5.41. The number of nitriles is 1. The highest BCUT2D eigenvalue weighted by molar-refractivity contribution is 9.10. The van der Waals surface area contributed by atoms with Crippen molar-refractivity contribution in [2.45, 2.75) is 20.4 Å². The van der Waals surface area contributed by atoms with Crippen LogP contribution in [0, 0.1) is 25.2 Å². The third-order valence-corrected chi connectivity index (χ3v) is 5.34. The number of carbonyl (C=O) groups is 1. The van der Waals surface area contributed by atoms with Gasteiger partial charge in [-0.2, -0.15) is 5.26 Å². The molecule has 0 bridgehead atoms. The Bertz CT molecular complexity index is 1150. The molecule has 30 heavy (non-hydrogen) atoms. The smallest absolute Gasteiger partial charge is 0.251 e. The van der Waals surface area contributed by atoms with Crippen molar-refractivity contribution in [1.82, 2.24) is 10.3 Å². The minimum absolute atomic E-state index is 0.100. The number of hydrogen-bond acceptors (Lipinski definition) is 5. The van der Waals surface area contributed by atoms with Gasteiger partial charge in [0.1, 0.15) is 23.1 Å². The van der Waals surface area contributed by atoms with Crippen LogP contribution in [0.25, 0.3) is 0 Å². The molecule has 8 heteroatoms. The van der Waals surface area contributed by atoms with E-state index in [2.05, 4.69) is 32.3 Å². The van der Waals surface area contributed by atoms with Crippen molar-refractivity contribution in [2.24, 2.45) is 0 Å². The lowest BCUT2D eigenvalue weighted by Crippen LogP contribution is -2.23. The van der Waals surface area contributed by atoms with Crippen molar-refractivity contribution in [3.05, 3.63) is 79.9 Å². The maximum Gasteiger partial charge on any atom is 0.251 e. The zero-order valence-electron chi connectivity index (χ0n) is 16.2. The van der Waals surface area contributed by atoms with Gasteiger partial charge >= 0.3 is 0 Å². The van der Waals surface area contributed by atoms with Crippen LogP contribution in [-0.4, -0.2) is 16.0 Å². The number of benzene rings is 2. The van der Waals surface area contributed by atoms with E-state index in [0.29, 0.717) is 38.4 Å². The second kappa shape index (κ2) is 9.16. The molecule has 0 aliphatic rings. The first-order chi connectivity index (χ1) is 14.3. The maximum absolute atomic E-state index is 12.5. The van der Waals surface area contributed by atoms with Crippen molar-refractivity contribution in [1.29, 1.82) is 5.26 Å². The van der Waals surface area contributed by atoms with E-state index in [9.17, 15) is 15.2 Å². The summed E-state index contributed by atoms with van der Waals surface area (Å²) in [6, 6.07) is 13.7. The van der Waals surface area contributed by atoms with Crippen LogP contribution >= 0.6 is 27.5 Å². The molecule has 2 N–H and O–H groups in total. The summed E-state index contributed by atoms with van der Waals surface area (Å²) in [5.41, 5.74) is 2.77. The van der Waals surface area contributed by atoms with Gasteiger partial charge < -0.3 is 15.2 Å². The molecule has 3 rings (SSSR count). The molecule has 1 heterocycles. The first-order valence-corrected chi connectivity index (χ1v) is 10.1. The molecule has 0 spiro atoms. The van der Waals surface area contributed by atoms with Gasteiger partial charge in [-0.1, -0.05) is 17.7 Å². The van der Waals surface area contributed by atoms with Crippen LogP contribution in [-0.2, 0) is 6.54 Å². The number of hydrogen-bond donors (Lipinski definition) is 2. The standard InChI is InChI=1S/C22H17BrClN3O3/c1-12-8-13(2)27-22(29)16(12)11-26-21(28)14-6-7-20(18(24)9-14)30-19-5-3-4-17(23)15(19)10-25/h3-9H,11H2,1-2H3,(H,26,28)(H,27,29). The van der Waals surface area contributed by atoms with Crippen molar-refractivity contribution < 1.29 is 14.6 Å². The predicted molar refractivity (Wildman–Crippen MR) is 117 cm³/mol. The molecule has 6 nitrogen and oxygen atoms in total. The summed E-state index contributed by atoms with van der Waals surface area (Å²) in [6.07, 6.45) is 0. The summed E-state index contributed by atoms with van der Waals surface area (Å²) in [4.78, 5) is 16.5. The van der Waals surface area contributed by atoms with Gasteiger partial charge in [0.25, 0.3) is 5.91 Å². The molecule has 0 radical (unpaired) electrons. The Labute approximate surface area is 187 Å². The van der Waals surface area contributed by atoms with E-state index < -0.39 is 0 Å². The highest BCUT2D eigenvalue weighted by Crippen LogP contribution is 2.34. The second-order valence-corrected chi connectivity index (χ2v) is 7.80. The van der Waals surface area contributed by atoms with Crippen LogP contribution in [0.15, 0.2) is 46.9 Å². The molecule has 0 saturated heterocycles. The number of nitrogens with one attached hydrogen (secondary N) is 1. The van der Waals surface area contributed by atoms with Gasteiger partial charge in [-0.05, 0) is 71.7 Å². The molecule has 1 aromatic heterocycles. The second-order valence-electron chi connectivity index (χ2n) is 6.54. The minimum Gasteiger partial charge on any atom is -0.493 e. The summed E-state index contributed by atoms with van der Waals surface area (Å²) in [7, 11) is 0. The molecule has 152 valence electrons. The monoisotopic (exact) mass is 485 g/mol. The molecule has 1 amide bonds. The summed E-state index contributed by atoms with van der Waals surface area (Å²) in [6.45, 7) is 3.76. The van der Waals surface area contributed by atoms with E-state index >= 15 is 0 Å². The number of aromatic hydroxyl groups is 1. The van der Waals surface area contributed by atoms with Gasteiger partial charge in [-0.3, -0.25) is 4.79 Å². The molecule has 2 aromatic carbocycles. The molecule has 0 unspecified atom stereocenters. The van der Waals surface area contributed by atoms with Crippen LogP contribution in [0.5, 0.6) is 17.4 Å². The van der Waals surface area contributed by atoms with E-state index in [1.54, 1.807) is 37.3 Å². The Balaban J connectivity index is 1.75. The number of rotatable bonds is 5. The third kappa shape index (κ3) is 4.73. The normalized spacial score (nSPS) is 10.4. The largest absolute Gasteiger partial charge is 0.493 e. The Hall–Kier alpha value is -3.08. The van der Waals surface area contributed by atoms with E-state index in [-0.39, 0.29) is 23.4 Å².